The fourth-order valence-corrected chi connectivity index (χ4v) is 1.91. The molecule has 1 N–H and O–H groups in total. The van der Waals surface area contributed by atoms with Crippen molar-refractivity contribution in [2.75, 3.05) is 0 Å². The molecular weight excluding hydrogens is 176 g/mol. The Hall–Kier alpha value is -0.763. The molecule has 0 saturated carbocycles. The van der Waals surface area contributed by atoms with Gasteiger partial charge in [0, 0.05) is 0 Å². The van der Waals surface area contributed by atoms with Crippen molar-refractivity contribution >= 4 is 8.80 Å². The molecule has 0 saturated heterocycles. The average Bonchev–Trinajstić information content (AvgIpc) is 2.04. The first-order valence-electron chi connectivity index (χ1n) is 4.54. The lowest BCUT2D eigenvalue weighted by molar-refractivity contribution is 0.475. The molecule has 1 aromatic carbocycles. The van der Waals surface area contributed by atoms with Crippen molar-refractivity contribution < 1.29 is 5.11 Å². The van der Waals surface area contributed by atoms with Gasteiger partial charge in [-0.1, -0.05) is 39.1 Å². The van der Waals surface area contributed by atoms with E-state index in [1.54, 1.807) is 12.1 Å². The lowest BCUT2D eigenvalue weighted by Crippen LogP contribution is -2.32. The average molecular weight is 193 g/mol. The Balaban J connectivity index is 3.01. The fourth-order valence-electron chi connectivity index (χ4n) is 1.17. The number of aromatic hydroxyl groups is 1. The van der Waals surface area contributed by atoms with Crippen LogP contribution in [0.4, 0.5) is 0 Å². The first-order chi connectivity index (χ1) is 5.94. The second kappa shape index (κ2) is 3.54. The van der Waals surface area contributed by atoms with Crippen molar-refractivity contribution in [1.82, 2.24) is 0 Å². The molecule has 2 heteroatoms. The minimum Gasteiger partial charge on any atom is -0.508 e. The van der Waals surface area contributed by atoms with E-state index in [1.165, 1.54) is 5.56 Å². The highest BCUT2D eigenvalue weighted by Gasteiger charge is 2.25. The molecule has 0 heterocycles. The van der Waals surface area contributed by atoms with Gasteiger partial charge in [0.15, 0.2) is 0 Å². The van der Waals surface area contributed by atoms with Crippen LogP contribution in [0.3, 0.4) is 0 Å². The van der Waals surface area contributed by atoms with Crippen LogP contribution in [0, 0.1) is 0 Å². The van der Waals surface area contributed by atoms with Gasteiger partial charge in [-0.05, 0) is 22.7 Å². The summed E-state index contributed by atoms with van der Waals surface area (Å²) in [7, 11) is -0.357. The zero-order valence-electron chi connectivity index (χ0n) is 8.76. The molecule has 0 aliphatic rings. The van der Waals surface area contributed by atoms with E-state index in [0.717, 1.165) is 0 Å². The maximum atomic E-state index is 9.17. The van der Waals surface area contributed by atoms with Crippen molar-refractivity contribution in [3.8, 4) is 5.75 Å². The summed E-state index contributed by atoms with van der Waals surface area (Å²) in [5.74, 6) is 0.348. The minimum absolute atomic E-state index is 0.276. The molecule has 1 nitrogen and oxygen atoms in total. The Morgan fingerprint density at radius 3 is 1.92 bits per heavy atom. The van der Waals surface area contributed by atoms with Crippen molar-refractivity contribution in [1.29, 1.82) is 0 Å². The van der Waals surface area contributed by atoms with Crippen molar-refractivity contribution in [3.05, 3.63) is 29.8 Å². The molecule has 1 rings (SSSR count). The quantitative estimate of drug-likeness (QED) is 0.716. The van der Waals surface area contributed by atoms with Crippen LogP contribution in [-0.2, 0) is 5.04 Å². The monoisotopic (exact) mass is 193 g/mol. The Morgan fingerprint density at radius 2 is 1.54 bits per heavy atom. The number of phenols is 1. The van der Waals surface area contributed by atoms with Crippen LogP contribution >= 0.6 is 0 Å². The maximum absolute atomic E-state index is 9.17. The Bertz CT molecular complexity index is 275. The molecule has 0 aliphatic carbocycles. The lowest BCUT2D eigenvalue weighted by atomic mass is 10.0. The predicted molar refractivity (Wildman–Crippen MR) is 58.6 cm³/mol. The second-order valence-corrected chi connectivity index (χ2v) is 7.42. The van der Waals surface area contributed by atoms with E-state index in [4.69, 9.17) is 5.11 Å². The Morgan fingerprint density at radius 1 is 1.08 bits per heavy atom. The standard InChI is InChI=1S/C11H17OSi/c1-11(2,13(3)4)9-5-7-10(12)8-6-9/h5-8,12H,1-4H3. The predicted octanol–water partition coefficient (Wildman–Crippen LogP) is 2.96. The van der Waals surface area contributed by atoms with Crippen LogP contribution in [-0.4, -0.2) is 13.9 Å². The third-order valence-electron chi connectivity index (χ3n) is 2.84. The highest BCUT2D eigenvalue weighted by molar-refractivity contribution is 6.59. The first-order valence-corrected chi connectivity index (χ1v) is 7.04. The van der Waals surface area contributed by atoms with Crippen LogP contribution < -0.4 is 0 Å². The molecule has 0 aliphatic heterocycles. The van der Waals surface area contributed by atoms with Crippen LogP contribution in [0.1, 0.15) is 19.4 Å². The van der Waals surface area contributed by atoms with Crippen molar-refractivity contribution in [3.63, 3.8) is 0 Å². The summed E-state index contributed by atoms with van der Waals surface area (Å²) in [6, 6.07) is 7.57. The van der Waals surface area contributed by atoms with Crippen LogP contribution in [0.5, 0.6) is 5.75 Å². The summed E-state index contributed by atoms with van der Waals surface area (Å²) >= 11 is 0. The van der Waals surface area contributed by atoms with E-state index < -0.39 is 0 Å². The number of rotatable bonds is 2. The normalized spacial score (nSPS) is 12.1. The molecule has 0 unspecified atom stereocenters. The summed E-state index contributed by atoms with van der Waals surface area (Å²) in [4.78, 5) is 0. The van der Waals surface area contributed by atoms with E-state index in [-0.39, 0.29) is 13.8 Å². The third-order valence-corrected chi connectivity index (χ3v) is 5.63. The van der Waals surface area contributed by atoms with Crippen molar-refractivity contribution in [2.45, 2.75) is 32.0 Å². The van der Waals surface area contributed by atoms with Gasteiger partial charge in [0.1, 0.15) is 5.75 Å². The second-order valence-electron chi connectivity index (χ2n) is 4.17. The number of benzene rings is 1. The molecule has 1 radical (unpaired) electrons. The minimum atomic E-state index is -0.357. The van der Waals surface area contributed by atoms with Gasteiger partial charge in [-0.2, -0.15) is 0 Å². The number of hydrogen-bond donors (Lipinski definition) is 1. The van der Waals surface area contributed by atoms with Crippen molar-refractivity contribution in [2.24, 2.45) is 0 Å². The third kappa shape index (κ3) is 2.13. The van der Waals surface area contributed by atoms with Gasteiger partial charge in [0.2, 0.25) is 0 Å². The van der Waals surface area contributed by atoms with Crippen LogP contribution in [0.2, 0.25) is 13.1 Å². The van der Waals surface area contributed by atoms with E-state index in [1.807, 2.05) is 12.1 Å². The summed E-state index contributed by atoms with van der Waals surface area (Å²) in [5, 5.41) is 9.45. The SMILES string of the molecule is C[Si](C)C(C)(C)c1ccc(O)cc1. The van der Waals surface area contributed by atoms with Gasteiger partial charge >= 0.3 is 0 Å². The maximum Gasteiger partial charge on any atom is 0.115 e. The Labute approximate surface area is 82.0 Å². The zero-order valence-corrected chi connectivity index (χ0v) is 9.76. The van der Waals surface area contributed by atoms with Gasteiger partial charge in [0.05, 0.1) is 8.80 Å². The van der Waals surface area contributed by atoms with Gasteiger partial charge in [0.25, 0.3) is 0 Å². The molecule has 0 fully saturated rings. The molecule has 0 atom stereocenters. The molecule has 1 aromatic rings. The molecule has 0 aromatic heterocycles. The van der Waals surface area contributed by atoms with E-state index in [9.17, 15) is 0 Å². The van der Waals surface area contributed by atoms with Gasteiger partial charge in [-0.3, -0.25) is 0 Å². The highest BCUT2D eigenvalue weighted by Crippen LogP contribution is 2.27. The largest absolute Gasteiger partial charge is 0.508 e. The van der Waals surface area contributed by atoms with E-state index in [0.29, 0.717) is 5.75 Å². The van der Waals surface area contributed by atoms with Crippen LogP contribution in [0.15, 0.2) is 24.3 Å². The molecule has 0 amide bonds. The molecule has 71 valence electrons. The topological polar surface area (TPSA) is 20.2 Å². The van der Waals surface area contributed by atoms with E-state index >= 15 is 0 Å². The molecular formula is C11H17OSi. The summed E-state index contributed by atoms with van der Waals surface area (Å²) in [6.07, 6.45) is 0. The Kier molecular flexibility index (Phi) is 2.81. The number of hydrogen-bond acceptors (Lipinski definition) is 1. The lowest BCUT2D eigenvalue weighted by Gasteiger charge is -2.28. The summed E-state index contributed by atoms with van der Waals surface area (Å²) in [6.45, 7) is 9.18. The number of phenolic OH excluding ortho intramolecular Hbond substituents is 1. The molecule has 0 bridgehead atoms. The zero-order chi connectivity index (χ0) is 10.1. The van der Waals surface area contributed by atoms with Gasteiger partial charge in [-0.15, -0.1) is 0 Å². The van der Waals surface area contributed by atoms with Gasteiger partial charge in [-0.25, -0.2) is 0 Å². The fraction of sp³-hybridized carbons (Fsp3) is 0.455. The first kappa shape index (κ1) is 10.3. The van der Waals surface area contributed by atoms with E-state index in [2.05, 4.69) is 26.9 Å². The smallest absolute Gasteiger partial charge is 0.115 e. The van der Waals surface area contributed by atoms with Crippen LogP contribution in [0.25, 0.3) is 0 Å². The summed E-state index contributed by atoms with van der Waals surface area (Å²) < 4.78 is 0. The molecule has 0 spiro atoms. The van der Waals surface area contributed by atoms with Gasteiger partial charge < -0.3 is 5.11 Å². The molecule has 13 heavy (non-hydrogen) atoms. The highest BCUT2D eigenvalue weighted by atomic mass is 28.3. The summed E-state index contributed by atoms with van der Waals surface area (Å²) in [5.41, 5.74) is 1.32.